The van der Waals surface area contributed by atoms with Crippen LogP contribution < -0.4 is 5.32 Å². The summed E-state index contributed by atoms with van der Waals surface area (Å²) in [6.45, 7) is 8.55. The summed E-state index contributed by atoms with van der Waals surface area (Å²) in [5, 5.41) is 3.24. The Morgan fingerprint density at radius 3 is 2.54 bits per heavy atom. The average Bonchev–Trinajstić information content (AvgIpc) is 2.17. The van der Waals surface area contributed by atoms with Gasteiger partial charge in [0.1, 0.15) is 0 Å². The number of methoxy groups -OCH3 is 1. The second-order valence-corrected chi connectivity index (χ2v) is 3.41. The lowest BCUT2D eigenvalue weighted by Crippen LogP contribution is -2.32. The molecule has 3 nitrogen and oxygen atoms in total. The van der Waals surface area contributed by atoms with Gasteiger partial charge < -0.3 is 15.0 Å². The van der Waals surface area contributed by atoms with E-state index in [4.69, 9.17) is 4.74 Å². The molecule has 0 aromatic carbocycles. The minimum Gasteiger partial charge on any atom is -0.383 e. The van der Waals surface area contributed by atoms with Crippen molar-refractivity contribution < 1.29 is 4.74 Å². The van der Waals surface area contributed by atoms with Gasteiger partial charge in [0.2, 0.25) is 0 Å². The lowest BCUT2D eigenvalue weighted by atomic mass is 10.2. The molecule has 0 radical (unpaired) electrons. The van der Waals surface area contributed by atoms with Gasteiger partial charge in [0.05, 0.1) is 6.61 Å². The SMILES string of the molecule is CCN(CCOC)CCC(C)NC. The molecular weight excluding hydrogens is 164 g/mol. The Labute approximate surface area is 82.4 Å². The van der Waals surface area contributed by atoms with Crippen LogP contribution in [-0.2, 0) is 4.74 Å². The van der Waals surface area contributed by atoms with E-state index in [2.05, 4.69) is 24.1 Å². The lowest BCUT2D eigenvalue weighted by molar-refractivity contribution is 0.148. The Morgan fingerprint density at radius 2 is 2.08 bits per heavy atom. The Bertz CT molecular complexity index is 109. The molecule has 1 atom stereocenters. The zero-order chi connectivity index (χ0) is 10.1. The second kappa shape index (κ2) is 8.48. The summed E-state index contributed by atoms with van der Waals surface area (Å²) in [7, 11) is 3.76. The minimum absolute atomic E-state index is 0.608. The van der Waals surface area contributed by atoms with Crippen LogP contribution in [0, 0.1) is 0 Å². The molecule has 0 aromatic heterocycles. The molecule has 0 aromatic rings. The van der Waals surface area contributed by atoms with Crippen molar-refractivity contribution in [2.24, 2.45) is 0 Å². The van der Waals surface area contributed by atoms with Crippen LogP contribution in [0.4, 0.5) is 0 Å². The maximum atomic E-state index is 5.05. The van der Waals surface area contributed by atoms with Crippen molar-refractivity contribution in [3.63, 3.8) is 0 Å². The summed E-state index contributed by atoms with van der Waals surface area (Å²) >= 11 is 0. The third-order valence-corrected chi connectivity index (χ3v) is 2.43. The Morgan fingerprint density at radius 1 is 1.38 bits per heavy atom. The van der Waals surface area contributed by atoms with Gasteiger partial charge in [-0.1, -0.05) is 6.92 Å². The number of likely N-dealkylation sites (N-methyl/N-ethyl adjacent to an activating group) is 1. The number of nitrogens with zero attached hydrogens (tertiary/aromatic N) is 1. The van der Waals surface area contributed by atoms with E-state index in [0.29, 0.717) is 6.04 Å². The van der Waals surface area contributed by atoms with Crippen molar-refractivity contribution >= 4 is 0 Å². The summed E-state index contributed by atoms with van der Waals surface area (Å²) in [5.41, 5.74) is 0. The molecule has 0 bridgehead atoms. The third kappa shape index (κ3) is 6.99. The van der Waals surface area contributed by atoms with Crippen LogP contribution in [0.5, 0.6) is 0 Å². The summed E-state index contributed by atoms with van der Waals surface area (Å²) in [6, 6.07) is 0.608. The standard InChI is InChI=1S/C10H24N2O/c1-5-12(8-9-13-4)7-6-10(2)11-3/h10-11H,5-9H2,1-4H3. The van der Waals surface area contributed by atoms with Crippen LogP contribution in [-0.4, -0.2) is 51.3 Å². The van der Waals surface area contributed by atoms with Crippen molar-refractivity contribution in [2.75, 3.05) is 40.4 Å². The van der Waals surface area contributed by atoms with E-state index >= 15 is 0 Å². The second-order valence-electron chi connectivity index (χ2n) is 3.41. The Balaban J connectivity index is 3.46. The van der Waals surface area contributed by atoms with E-state index in [1.807, 2.05) is 7.05 Å². The number of ether oxygens (including phenoxy) is 1. The van der Waals surface area contributed by atoms with Gasteiger partial charge >= 0.3 is 0 Å². The van der Waals surface area contributed by atoms with Gasteiger partial charge in [0.25, 0.3) is 0 Å². The molecule has 0 aliphatic rings. The zero-order valence-electron chi connectivity index (χ0n) is 9.47. The molecule has 1 unspecified atom stereocenters. The molecule has 0 aliphatic carbocycles. The average molecular weight is 188 g/mol. The lowest BCUT2D eigenvalue weighted by Gasteiger charge is -2.21. The van der Waals surface area contributed by atoms with Crippen LogP contribution >= 0.6 is 0 Å². The molecule has 0 saturated heterocycles. The van der Waals surface area contributed by atoms with Gasteiger partial charge in [-0.15, -0.1) is 0 Å². The first-order chi connectivity index (χ1) is 6.24. The fraction of sp³-hybridized carbons (Fsp3) is 1.00. The van der Waals surface area contributed by atoms with E-state index in [0.717, 1.165) is 26.2 Å². The fourth-order valence-electron chi connectivity index (χ4n) is 1.17. The molecule has 0 heterocycles. The highest BCUT2D eigenvalue weighted by Crippen LogP contribution is 1.95. The van der Waals surface area contributed by atoms with Gasteiger partial charge in [-0.2, -0.15) is 0 Å². The normalized spacial score (nSPS) is 13.6. The zero-order valence-corrected chi connectivity index (χ0v) is 9.47. The minimum atomic E-state index is 0.608. The Kier molecular flexibility index (Phi) is 8.40. The molecule has 0 rings (SSSR count). The summed E-state index contributed by atoms with van der Waals surface area (Å²) in [5.74, 6) is 0. The summed E-state index contributed by atoms with van der Waals surface area (Å²) in [4.78, 5) is 2.41. The number of rotatable bonds is 8. The van der Waals surface area contributed by atoms with Crippen molar-refractivity contribution in [1.82, 2.24) is 10.2 Å². The van der Waals surface area contributed by atoms with Crippen molar-refractivity contribution in [1.29, 1.82) is 0 Å². The maximum absolute atomic E-state index is 5.05. The number of hydrogen-bond donors (Lipinski definition) is 1. The van der Waals surface area contributed by atoms with Crippen LogP contribution in [0.25, 0.3) is 0 Å². The quantitative estimate of drug-likeness (QED) is 0.614. The molecule has 80 valence electrons. The fourth-order valence-corrected chi connectivity index (χ4v) is 1.17. The van der Waals surface area contributed by atoms with Gasteiger partial charge in [-0.05, 0) is 33.5 Å². The molecule has 0 amide bonds. The Hall–Kier alpha value is -0.120. The smallest absolute Gasteiger partial charge is 0.0589 e. The third-order valence-electron chi connectivity index (χ3n) is 2.43. The topological polar surface area (TPSA) is 24.5 Å². The molecule has 13 heavy (non-hydrogen) atoms. The van der Waals surface area contributed by atoms with E-state index in [1.54, 1.807) is 7.11 Å². The van der Waals surface area contributed by atoms with E-state index in [9.17, 15) is 0 Å². The first-order valence-corrected chi connectivity index (χ1v) is 5.13. The summed E-state index contributed by atoms with van der Waals surface area (Å²) < 4.78 is 5.05. The van der Waals surface area contributed by atoms with Gasteiger partial charge in [-0.3, -0.25) is 0 Å². The van der Waals surface area contributed by atoms with Crippen LogP contribution in [0.2, 0.25) is 0 Å². The molecular formula is C10H24N2O. The van der Waals surface area contributed by atoms with Crippen LogP contribution in [0.1, 0.15) is 20.3 Å². The highest BCUT2D eigenvalue weighted by atomic mass is 16.5. The van der Waals surface area contributed by atoms with E-state index in [-0.39, 0.29) is 0 Å². The van der Waals surface area contributed by atoms with Crippen LogP contribution in [0.15, 0.2) is 0 Å². The van der Waals surface area contributed by atoms with Gasteiger partial charge in [0, 0.05) is 19.7 Å². The molecule has 0 spiro atoms. The largest absolute Gasteiger partial charge is 0.383 e. The number of nitrogens with one attached hydrogen (secondary N) is 1. The predicted molar refractivity (Wildman–Crippen MR) is 57.1 cm³/mol. The maximum Gasteiger partial charge on any atom is 0.0589 e. The molecule has 1 N–H and O–H groups in total. The molecule has 0 saturated carbocycles. The van der Waals surface area contributed by atoms with Gasteiger partial charge in [-0.25, -0.2) is 0 Å². The van der Waals surface area contributed by atoms with E-state index in [1.165, 1.54) is 6.42 Å². The van der Waals surface area contributed by atoms with Crippen molar-refractivity contribution in [3.8, 4) is 0 Å². The number of hydrogen-bond acceptors (Lipinski definition) is 3. The van der Waals surface area contributed by atoms with Crippen molar-refractivity contribution in [2.45, 2.75) is 26.3 Å². The summed E-state index contributed by atoms with van der Waals surface area (Å²) in [6.07, 6.45) is 1.20. The molecule has 3 heteroatoms. The highest BCUT2D eigenvalue weighted by molar-refractivity contribution is 4.62. The first-order valence-electron chi connectivity index (χ1n) is 5.13. The van der Waals surface area contributed by atoms with Gasteiger partial charge in [0.15, 0.2) is 0 Å². The van der Waals surface area contributed by atoms with Crippen molar-refractivity contribution in [3.05, 3.63) is 0 Å². The van der Waals surface area contributed by atoms with E-state index < -0.39 is 0 Å². The first kappa shape index (κ1) is 12.9. The molecule has 0 fully saturated rings. The van der Waals surface area contributed by atoms with Crippen LogP contribution in [0.3, 0.4) is 0 Å². The molecule has 0 aliphatic heterocycles. The monoisotopic (exact) mass is 188 g/mol. The highest BCUT2D eigenvalue weighted by Gasteiger charge is 2.04. The predicted octanol–water partition coefficient (Wildman–Crippen LogP) is 0.953.